The summed E-state index contributed by atoms with van der Waals surface area (Å²) in [6, 6.07) is 11.3. The first-order valence-electron chi connectivity index (χ1n) is 8.25. The van der Waals surface area contributed by atoms with Crippen LogP contribution in [0.4, 0.5) is 0 Å². The van der Waals surface area contributed by atoms with Crippen molar-refractivity contribution in [2.45, 2.75) is 27.3 Å². The molecule has 0 spiro atoms. The molecule has 0 atom stereocenters. The van der Waals surface area contributed by atoms with E-state index in [0.29, 0.717) is 12.1 Å². The lowest BCUT2D eigenvalue weighted by molar-refractivity contribution is -0.116. The normalized spacial score (nSPS) is 10.7. The zero-order valence-corrected chi connectivity index (χ0v) is 15.1. The summed E-state index contributed by atoms with van der Waals surface area (Å²) < 4.78 is 0. The summed E-state index contributed by atoms with van der Waals surface area (Å²) in [5.74, 6) is -0.271. The standard InChI is InChI=1S/C21H24N2O2/c1-14-11-15(2)19(16(3)12-14)13-23-20(24)10-7-17-5-8-18(9-6-17)21(25)22-4/h5-12H,13H2,1-4H3,(H,22,25)(H,23,24)/b10-7+. The van der Waals surface area contributed by atoms with E-state index in [0.717, 1.165) is 11.1 Å². The van der Waals surface area contributed by atoms with Crippen LogP contribution < -0.4 is 10.6 Å². The number of hydrogen-bond acceptors (Lipinski definition) is 2. The van der Waals surface area contributed by atoms with Gasteiger partial charge >= 0.3 is 0 Å². The van der Waals surface area contributed by atoms with Gasteiger partial charge in [0.1, 0.15) is 0 Å². The van der Waals surface area contributed by atoms with E-state index in [4.69, 9.17) is 0 Å². The number of aryl methyl sites for hydroxylation is 3. The Morgan fingerprint density at radius 2 is 1.60 bits per heavy atom. The fourth-order valence-corrected chi connectivity index (χ4v) is 2.79. The predicted octanol–water partition coefficient (Wildman–Crippen LogP) is 3.30. The van der Waals surface area contributed by atoms with Gasteiger partial charge in [-0.2, -0.15) is 0 Å². The molecule has 0 aliphatic rings. The van der Waals surface area contributed by atoms with Crippen molar-refractivity contribution in [1.29, 1.82) is 0 Å². The number of carbonyl (C=O) groups is 2. The monoisotopic (exact) mass is 336 g/mol. The summed E-state index contributed by atoms with van der Waals surface area (Å²) in [6.45, 7) is 6.70. The summed E-state index contributed by atoms with van der Waals surface area (Å²) in [6.07, 6.45) is 3.24. The quantitative estimate of drug-likeness (QED) is 0.823. The number of rotatable bonds is 5. The maximum atomic E-state index is 12.0. The van der Waals surface area contributed by atoms with E-state index in [1.807, 2.05) is 12.1 Å². The number of hydrogen-bond donors (Lipinski definition) is 2. The molecule has 0 saturated heterocycles. The molecular weight excluding hydrogens is 312 g/mol. The van der Waals surface area contributed by atoms with E-state index >= 15 is 0 Å². The molecule has 2 N–H and O–H groups in total. The molecule has 4 nitrogen and oxygen atoms in total. The van der Waals surface area contributed by atoms with Gasteiger partial charge in [-0.15, -0.1) is 0 Å². The molecule has 25 heavy (non-hydrogen) atoms. The summed E-state index contributed by atoms with van der Waals surface area (Å²) >= 11 is 0. The van der Waals surface area contributed by atoms with Gasteiger partial charge in [-0.3, -0.25) is 9.59 Å². The first-order chi connectivity index (χ1) is 11.9. The molecule has 2 amide bonds. The highest BCUT2D eigenvalue weighted by Crippen LogP contribution is 2.16. The van der Waals surface area contributed by atoms with Crippen molar-refractivity contribution in [3.63, 3.8) is 0 Å². The molecule has 0 fully saturated rings. The fourth-order valence-electron chi connectivity index (χ4n) is 2.79. The lowest BCUT2D eigenvalue weighted by atomic mass is 10.00. The molecule has 0 aromatic heterocycles. The zero-order valence-electron chi connectivity index (χ0n) is 15.1. The van der Waals surface area contributed by atoms with Crippen LogP contribution in [0.2, 0.25) is 0 Å². The van der Waals surface area contributed by atoms with E-state index in [9.17, 15) is 9.59 Å². The second-order valence-electron chi connectivity index (χ2n) is 6.13. The number of nitrogens with one attached hydrogen (secondary N) is 2. The van der Waals surface area contributed by atoms with Crippen LogP contribution in [-0.2, 0) is 11.3 Å². The van der Waals surface area contributed by atoms with Crippen molar-refractivity contribution in [3.05, 3.63) is 75.9 Å². The van der Waals surface area contributed by atoms with Crippen LogP contribution in [0.3, 0.4) is 0 Å². The Morgan fingerprint density at radius 1 is 1.00 bits per heavy atom. The largest absolute Gasteiger partial charge is 0.355 e. The number of benzene rings is 2. The Bertz CT molecular complexity index is 782. The average Bonchev–Trinajstić information content (AvgIpc) is 2.58. The molecule has 2 rings (SSSR count). The van der Waals surface area contributed by atoms with Gasteiger partial charge in [-0.25, -0.2) is 0 Å². The molecule has 0 bridgehead atoms. The minimum absolute atomic E-state index is 0.128. The molecule has 0 saturated carbocycles. The van der Waals surface area contributed by atoms with Crippen LogP contribution in [0.5, 0.6) is 0 Å². The topological polar surface area (TPSA) is 58.2 Å². The molecule has 130 valence electrons. The lowest BCUT2D eigenvalue weighted by Gasteiger charge is -2.11. The van der Waals surface area contributed by atoms with Gasteiger partial charge in [0.15, 0.2) is 0 Å². The van der Waals surface area contributed by atoms with Crippen LogP contribution in [-0.4, -0.2) is 18.9 Å². The first kappa shape index (κ1) is 18.5. The summed E-state index contributed by atoms with van der Waals surface area (Å²) in [5.41, 5.74) is 6.21. The number of amides is 2. The Hall–Kier alpha value is -2.88. The van der Waals surface area contributed by atoms with Crippen LogP contribution in [0.1, 0.15) is 38.2 Å². The lowest BCUT2D eigenvalue weighted by Crippen LogP contribution is -2.21. The fraction of sp³-hybridized carbons (Fsp3) is 0.238. The molecule has 2 aromatic rings. The Morgan fingerprint density at radius 3 is 2.16 bits per heavy atom. The third-order valence-corrected chi connectivity index (χ3v) is 4.11. The van der Waals surface area contributed by atoms with Crippen molar-refractivity contribution in [3.8, 4) is 0 Å². The Balaban J connectivity index is 1.96. The molecule has 2 aromatic carbocycles. The number of carbonyl (C=O) groups excluding carboxylic acids is 2. The van der Waals surface area contributed by atoms with Gasteiger partial charge in [-0.05, 0) is 61.2 Å². The van der Waals surface area contributed by atoms with Gasteiger partial charge in [-0.1, -0.05) is 29.8 Å². The Kier molecular flexibility index (Phi) is 6.12. The minimum atomic E-state index is -0.144. The van der Waals surface area contributed by atoms with Gasteiger partial charge in [0, 0.05) is 25.2 Å². The first-order valence-corrected chi connectivity index (χ1v) is 8.25. The van der Waals surface area contributed by atoms with E-state index in [-0.39, 0.29) is 11.8 Å². The Labute approximate surface area is 149 Å². The average molecular weight is 336 g/mol. The zero-order chi connectivity index (χ0) is 18.4. The molecule has 0 aliphatic carbocycles. The van der Waals surface area contributed by atoms with Gasteiger partial charge in [0.05, 0.1) is 0 Å². The van der Waals surface area contributed by atoms with Crippen molar-refractivity contribution >= 4 is 17.9 Å². The molecule has 4 heteroatoms. The minimum Gasteiger partial charge on any atom is -0.355 e. The molecule has 0 unspecified atom stereocenters. The van der Waals surface area contributed by atoms with E-state index < -0.39 is 0 Å². The van der Waals surface area contributed by atoms with Crippen molar-refractivity contribution in [2.75, 3.05) is 7.05 Å². The highest BCUT2D eigenvalue weighted by molar-refractivity contribution is 5.94. The summed E-state index contributed by atoms with van der Waals surface area (Å²) in [5, 5.41) is 5.49. The second kappa shape index (κ2) is 8.29. The highest BCUT2D eigenvalue weighted by Gasteiger charge is 2.05. The third kappa shape index (κ3) is 5.05. The second-order valence-corrected chi connectivity index (χ2v) is 6.13. The summed E-state index contributed by atoms with van der Waals surface area (Å²) in [7, 11) is 1.60. The van der Waals surface area contributed by atoms with E-state index in [2.05, 4.69) is 43.5 Å². The molecular formula is C21H24N2O2. The maximum absolute atomic E-state index is 12.0. The van der Waals surface area contributed by atoms with Crippen LogP contribution in [0, 0.1) is 20.8 Å². The van der Waals surface area contributed by atoms with Gasteiger partial charge in [0.2, 0.25) is 5.91 Å². The van der Waals surface area contributed by atoms with Crippen molar-refractivity contribution in [2.24, 2.45) is 0 Å². The van der Waals surface area contributed by atoms with Gasteiger partial charge < -0.3 is 10.6 Å². The van der Waals surface area contributed by atoms with E-state index in [1.165, 1.54) is 22.8 Å². The van der Waals surface area contributed by atoms with Crippen LogP contribution >= 0.6 is 0 Å². The molecule has 0 aliphatic heterocycles. The molecule has 0 radical (unpaired) electrons. The molecule has 0 heterocycles. The smallest absolute Gasteiger partial charge is 0.251 e. The van der Waals surface area contributed by atoms with Gasteiger partial charge in [0.25, 0.3) is 5.91 Å². The van der Waals surface area contributed by atoms with Crippen molar-refractivity contribution < 1.29 is 9.59 Å². The van der Waals surface area contributed by atoms with Crippen LogP contribution in [0.15, 0.2) is 42.5 Å². The highest BCUT2D eigenvalue weighted by atomic mass is 16.2. The predicted molar refractivity (Wildman–Crippen MR) is 101 cm³/mol. The summed E-state index contributed by atoms with van der Waals surface area (Å²) in [4.78, 5) is 23.5. The van der Waals surface area contributed by atoms with Crippen molar-refractivity contribution in [1.82, 2.24) is 10.6 Å². The third-order valence-electron chi connectivity index (χ3n) is 4.11. The SMILES string of the molecule is CNC(=O)c1ccc(/C=C/C(=O)NCc2c(C)cc(C)cc2C)cc1. The van der Waals surface area contributed by atoms with E-state index in [1.54, 1.807) is 25.3 Å². The van der Waals surface area contributed by atoms with Crippen LogP contribution in [0.25, 0.3) is 6.08 Å². The maximum Gasteiger partial charge on any atom is 0.251 e.